The first-order valence-electron chi connectivity index (χ1n) is 13.1. The Labute approximate surface area is 217 Å². The number of fused-ring (bicyclic) bond motifs is 1. The number of rotatable bonds is 8. The van der Waals surface area contributed by atoms with E-state index in [1.54, 1.807) is 11.0 Å². The molecule has 3 aliphatic heterocycles. The Balaban J connectivity index is 1.49. The molecule has 0 bridgehead atoms. The second kappa shape index (κ2) is 10.9. The summed E-state index contributed by atoms with van der Waals surface area (Å²) in [6, 6.07) is 12.1. The van der Waals surface area contributed by atoms with Gasteiger partial charge >= 0.3 is 0 Å². The standard InChI is InChI=1S/C29H34N2O6/c1-3-36-23-7-4-6-20(18-23)26-25(27(32)21-8-9-24-22(17-21)16-19(2)37-24)28(33)29(34)31(26)11-5-10-30-12-14-35-15-13-30/h4,6-9,17-19,26,32H,3,5,10-16H2,1-2H3/b27-25+/t19-,26+/m0/s1. The van der Waals surface area contributed by atoms with Crippen LogP contribution in [0.25, 0.3) is 5.76 Å². The van der Waals surface area contributed by atoms with E-state index in [-0.39, 0.29) is 17.4 Å². The molecule has 2 aromatic rings. The topological polar surface area (TPSA) is 88.5 Å². The average molecular weight is 507 g/mol. The fourth-order valence-electron chi connectivity index (χ4n) is 5.41. The van der Waals surface area contributed by atoms with Crippen LogP contribution >= 0.6 is 0 Å². The van der Waals surface area contributed by atoms with Crippen molar-refractivity contribution in [3.63, 3.8) is 0 Å². The third kappa shape index (κ3) is 5.22. The summed E-state index contributed by atoms with van der Waals surface area (Å²) in [7, 11) is 0. The van der Waals surface area contributed by atoms with Crippen LogP contribution in [0.5, 0.6) is 11.5 Å². The van der Waals surface area contributed by atoms with Gasteiger partial charge in [-0.3, -0.25) is 14.5 Å². The maximum absolute atomic E-state index is 13.4. The molecule has 5 rings (SSSR count). The van der Waals surface area contributed by atoms with Gasteiger partial charge in [-0.2, -0.15) is 0 Å². The van der Waals surface area contributed by atoms with Crippen molar-refractivity contribution in [2.75, 3.05) is 46.0 Å². The Hall–Kier alpha value is -3.36. The number of ether oxygens (including phenoxy) is 3. The lowest BCUT2D eigenvalue weighted by Gasteiger charge is -2.29. The summed E-state index contributed by atoms with van der Waals surface area (Å²) in [6.45, 7) is 8.74. The number of morpholine rings is 1. The van der Waals surface area contributed by atoms with Gasteiger partial charge in [0.15, 0.2) is 0 Å². The molecule has 196 valence electrons. The highest BCUT2D eigenvalue weighted by atomic mass is 16.5. The van der Waals surface area contributed by atoms with Gasteiger partial charge in [-0.15, -0.1) is 0 Å². The molecule has 8 nitrogen and oxygen atoms in total. The van der Waals surface area contributed by atoms with E-state index in [0.29, 0.717) is 44.1 Å². The minimum Gasteiger partial charge on any atom is -0.507 e. The first kappa shape index (κ1) is 25.3. The fourth-order valence-corrected chi connectivity index (χ4v) is 5.41. The monoisotopic (exact) mass is 506 g/mol. The third-order valence-corrected chi connectivity index (χ3v) is 7.17. The van der Waals surface area contributed by atoms with Crippen LogP contribution < -0.4 is 9.47 Å². The summed E-state index contributed by atoms with van der Waals surface area (Å²) < 4.78 is 16.9. The molecule has 0 aromatic heterocycles. The maximum atomic E-state index is 13.4. The molecule has 2 aromatic carbocycles. The molecule has 3 aliphatic rings. The zero-order chi connectivity index (χ0) is 25.9. The van der Waals surface area contributed by atoms with Crippen molar-refractivity contribution in [3.8, 4) is 11.5 Å². The minimum atomic E-state index is -0.700. The molecular formula is C29H34N2O6. The van der Waals surface area contributed by atoms with Crippen LogP contribution in [0, 0.1) is 0 Å². The molecule has 2 saturated heterocycles. The van der Waals surface area contributed by atoms with Gasteiger partial charge in [0.2, 0.25) is 0 Å². The van der Waals surface area contributed by atoms with E-state index in [1.165, 1.54) is 0 Å². The van der Waals surface area contributed by atoms with Crippen molar-refractivity contribution in [2.45, 2.75) is 38.8 Å². The molecular weight excluding hydrogens is 472 g/mol. The van der Waals surface area contributed by atoms with E-state index in [4.69, 9.17) is 14.2 Å². The van der Waals surface area contributed by atoms with E-state index in [9.17, 15) is 14.7 Å². The number of benzene rings is 2. The second-order valence-electron chi connectivity index (χ2n) is 9.76. The van der Waals surface area contributed by atoms with Crippen LogP contribution in [-0.4, -0.2) is 78.7 Å². The van der Waals surface area contributed by atoms with Crippen molar-refractivity contribution in [2.24, 2.45) is 0 Å². The van der Waals surface area contributed by atoms with Crippen molar-refractivity contribution in [1.29, 1.82) is 0 Å². The van der Waals surface area contributed by atoms with Gasteiger partial charge in [0.05, 0.1) is 31.4 Å². The predicted octanol–water partition coefficient (Wildman–Crippen LogP) is 3.55. The number of carbonyl (C=O) groups excluding carboxylic acids is 2. The van der Waals surface area contributed by atoms with Gasteiger partial charge in [-0.05, 0) is 61.7 Å². The number of amides is 1. The summed E-state index contributed by atoms with van der Waals surface area (Å²) in [4.78, 5) is 30.6. The average Bonchev–Trinajstić information content (AvgIpc) is 3.40. The summed E-state index contributed by atoms with van der Waals surface area (Å²) in [5, 5.41) is 11.4. The van der Waals surface area contributed by atoms with Gasteiger partial charge < -0.3 is 24.2 Å². The minimum absolute atomic E-state index is 0.0609. The van der Waals surface area contributed by atoms with E-state index >= 15 is 0 Å². The van der Waals surface area contributed by atoms with Gasteiger partial charge in [0, 0.05) is 38.2 Å². The summed E-state index contributed by atoms with van der Waals surface area (Å²) in [5.41, 5.74) is 2.33. The number of aliphatic hydroxyl groups is 1. The van der Waals surface area contributed by atoms with Crippen molar-refractivity contribution in [3.05, 3.63) is 64.7 Å². The van der Waals surface area contributed by atoms with E-state index in [1.807, 2.05) is 50.2 Å². The fraction of sp³-hybridized carbons (Fsp3) is 0.448. The van der Waals surface area contributed by atoms with Crippen LogP contribution in [0.2, 0.25) is 0 Å². The lowest BCUT2D eigenvalue weighted by Crippen LogP contribution is -2.38. The molecule has 3 heterocycles. The van der Waals surface area contributed by atoms with Crippen LogP contribution in [0.1, 0.15) is 43.0 Å². The highest BCUT2D eigenvalue weighted by molar-refractivity contribution is 6.46. The number of aliphatic hydroxyl groups excluding tert-OH is 1. The molecule has 0 saturated carbocycles. The molecule has 0 radical (unpaired) electrons. The number of hydrogen-bond donors (Lipinski definition) is 1. The molecule has 2 fully saturated rings. The van der Waals surface area contributed by atoms with Crippen LogP contribution in [-0.2, 0) is 20.7 Å². The Morgan fingerprint density at radius 3 is 2.70 bits per heavy atom. The first-order chi connectivity index (χ1) is 18.0. The lowest BCUT2D eigenvalue weighted by molar-refractivity contribution is -0.140. The van der Waals surface area contributed by atoms with E-state index in [0.717, 1.165) is 42.9 Å². The molecule has 1 amide bonds. The van der Waals surface area contributed by atoms with E-state index < -0.39 is 17.7 Å². The third-order valence-electron chi connectivity index (χ3n) is 7.17. The smallest absolute Gasteiger partial charge is 0.295 e. The Morgan fingerprint density at radius 1 is 1.11 bits per heavy atom. The van der Waals surface area contributed by atoms with E-state index in [2.05, 4.69) is 4.90 Å². The number of ketones is 1. The highest BCUT2D eigenvalue weighted by Crippen LogP contribution is 2.41. The number of nitrogens with zero attached hydrogens (tertiary/aromatic N) is 2. The Morgan fingerprint density at radius 2 is 1.92 bits per heavy atom. The SMILES string of the molecule is CCOc1cccc([C@@H]2/C(=C(\O)c3ccc4c(c3)C[C@H](C)O4)C(=O)C(=O)N2CCCN2CCOCC2)c1. The largest absolute Gasteiger partial charge is 0.507 e. The second-order valence-corrected chi connectivity index (χ2v) is 9.76. The molecule has 2 atom stereocenters. The Bertz CT molecular complexity index is 1200. The number of carbonyl (C=O) groups is 2. The summed E-state index contributed by atoms with van der Waals surface area (Å²) >= 11 is 0. The van der Waals surface area contributed by atoms with Crippen molar-refractivity contribution < 1.29 is 28.9 Å². The van der Waals surface area contributed by atoms with Crippen LogP contribution in [0.4, 0.5) is 0 Å². The number of hydrogen-bond acceptors (Lipinski definition) is 7. The maximum Gasteiger partial charge on any atom is 0.295 e. The van der Waals surface area contributed by atoms with Crippen molar-refractivity contribution in [1.82, 2.24) is 9.80 Å². The number of likely N-dealkylation sites (tertiary alicyclic amines) is 1. The van der Waals surface area contributed by atoms with Gasteiger partial charge in [-0.1, -0.05) is 12.1 Å². The number of Topliss-reactive ketones (excluding diaryl/α,β-unsaturated/α-hetero) is 1. The molecule has 1 N–H and O–H groups in total. The van der Waals surface area contributed by atoms with Gasteiger partial charge in [-0.25, -0.2) is 0 Å². The molecule has 0 unspecified atom stereocenters. The predicted molar refractivity (Wildman–Crippen MR) is 139 cm³/mol. The first-order valence-corrected chi connectivity index (χ1v) is 13.1. The quantitative estimate of drug-likeness (QED) is 0.333. The molecule has 37 heavy (non-hydrogen) atoms. The van der Waals surface area contributed by atoms with Crippen LogP contribution in [0.15, 0.2) is 48.0 Å². The Kier molecular flexibility index (Phi) is 7.48. The van der Waals surface area contributed by atoms with Gasteiger partial charge in [0.1, 0.15) is 23.4 Å². The highest BCUT2D eigenvalue weighted by Gasteiger charge is 2.46. The van der Waals surface area contributed by atoms with Crippen LogP contribution in [0.3, 0.4) is 0 Å². The summed E-state index contributed by atoms with van der Waals surface area (Å²) in [5.74, 6) is 0.0219. The lowest BCUT2D eigenvalue weighted by atomic mass is 9.94. The molecule has 0 spiro atoms. The van der Waals surface area contributed by atoms with Gasteiger partial charge in [0.25, 0.3) is 11.7 Å². The molecule has 0 aliphatic carbocycles. The zero-order valence-corrected chi connectivity index (χ0v) is 21.4. The summed E-state index contributed by atoms with van der Waals surface area (Å²) in [6.07, 6.45) is 1.50. The normalized spacial score (nSPS) is 23.2. The molecule has 8 heteroatoms. The zero-order valence-electron chi connectivity index (χ0n) is 21.4. The van der Waals surface area contributed by atoms with Crippen molar-refractivity contribution >= 4 is 17.4 Å².